The van der Waals surface area contributed by atoms with Crippen molar-refractivity contribution in [1.82, 2.24) is 0 Å². The van der Waals surface area contributed by atoms with Crippen LogP contribution in [0.25, 0.3) is 34.1 Å². The van der Waals surface area contributed by atoms with Gasteiger partial charge in [0.2, 0.25) is 0 Å². The van der Waals surface area contributed by atoms with Gasteiger partial charge < -0.3 is 10.6 Å². The van der Waals surface area contributed by atoms with Crippen molar-refractivity contribution < 1.29 is 0 Å². The van der Waals surface area contributed by atoms with Gasteiger partial charge in [-0.05, 0) is 135 Å². The second-order valence-corrected chi connectivity index (χ2v) is 15.0. The molecule has 0 unspecified atom stereocenters. The molecule has 300 valence electrons. The summed E-state index contributed by atoms with van der Waals surface area (Å²) in [5.74, 6) is 0. The Morgan fingerprint density at radius 3 is 2.12 bits per heavy atom. The van der Waals surface area contributed by atoms with Gasteiger partial charge in [0.25, 0.3) is 0 Å². The summed E-state index contributed by atoms with van der Waals surface area (Å²) in [4.78, 5) is 2.28. The number of hydrogen-bond acceptors (Lipinski definition) is 2. The number of nitrogens with two attached hydrogens (primary N) is 1. The fraction of sp³-hybridized carbons (Fsp3) is 0.138. The molecule has 2 nitrogen and oxygen atoms in total. The molecule has 0 saturated carbocycles. The van der Waals surface area contributed by atoms with Crippen LogP contribution in [0.5, 0.6) is 0 Å². The largest absolute Gasteiger partial charge is 0.397 e. The highest BCUT2D eigenvalue weighted by molar-refractivity contribution is 5.96. The summed E-state index contributed by atoms with van der Waals surface area (Å²) in [6, 6.07) is 47.1. The molecule has 2 heteroatoms. The highest BCUT2D eigenvalue weighted by Gasteiger charge is 2.19. The van der Waals surface area contributed by atoms with Crippen molar-refractivity contribution in [2.75, 3.05) is 10.6 Å². The van der Waals surface area contributed by atoms with Crippen molar-refractivity contribution in [3.63, 3.8) is 0 Å². The number of nitrogens with zero attached hydrogens (tertiary/aromatic N) is 1. The number of rotatable bonds is 14. The Balaban J connectivity index is 0.00000144. The number of allylic oxidation sites excluding steroid dienone is 9. The molecule has 1 aliphatic rings. The van der Waals surface area contributed by atoms with Gasteiger partial charge >= 0.3 is 0 Å². The van der Waals surface area contributed by atoms with Gasteiger partial charge in [-0.2, -0.15) is 0 Å². The zero-order valence-electron chi connectivity index (χ0n) is 35.6. The van der Waals surface area contributed by atoms with Crippen LogP contribution in [0.1, 0.15) is 85.4 Å². The van der Waals surface area contributed by atoms with Crippen molar-refractivity contribution in [3.8, 4) is 0 Å². The Morgan fingerprint density at radius 1 is 0.733 bits per heavy atom. The van der Waals surface area contributed by atoms with E-state index in [0.29, 0.717) is 0 Å². The molecule has 0 amide bonds. The molecule has 1 aliphatic carbocycles. The Bertz CT molecular complexity index is 2600. The lowest BCUT2D eigenvalue weighted by Gasteiger charge is -2.30. The summed E-state index contributed by atoms with van der Waals surface area (Å²) >= 11 is 0. The van der Waals surface area contributed by atoms with Crippen LogP contribution in [0, 0.1) is 0 Å². The van der Waals surface area contributed by atoms with E-state index in [-0.39, 0.29) is 0 Å². The summed E-state index contributed by atoms with van der Waals surface area (Å²) < 4.78 is 0. The van der Waals surface area contributed by atoms with Crippen LogP contribution in [0.15, 0.2) is 207 Å². The lowest BCUT2D eigenvalue weighted by Crippen LogP contribution is -2.18. The zero-order chi connectivity index (χ0) is 42.3. The Hall–Kier alpha value is -6.90. The quantitative estimate of drug-likeness (QED) is 0.0881. The molecular weight excluding hydrogens is 725 g/mol. The van der Waals surface area contributed by atoms with Crippen LogP contribution in [0.2, 0.25) is 0 Å². The molecule has 6 aromatic rings. The lowest BCUT2D eigenvalue weighted by atomic mass is 9.84. The topological polar surface area (TPSA) is 29.3 Å². The summed E-state index contributed by atoms with van der Waals surface area (Å²) in [5.41, 5.74) is 21.5. The molecule has 0 atom stereocenters. The summed E-state index contributed by atoms with van der Waals surface area (Å²) in [6.07, 6.45) is 24.4. The monoisotopic (exact) mass is 782 g/mol. The van der Waals surface area contributed by atoms with Gasteiger partial charge in [0.1, 0.15) is 0 Å². The van der Waals surface area contributed by atoms with E-state index in [1.54, 1.807) is 0 Å². The first-order valence-electron chi connectivity index (χ1n) is 21.2. The van der Waals surface area contributed by atoms with Gasteiger partial charge in [-0.1, -0.05) is 192 Å². The lowest BCUT2D eigenvalue weighted by molar-refractivity contribution is 0.886. The number of nitrogen functional groups attached to an aromatic ring is 1. The Morgan fingerprint density at radius 2 is 1.43 bits per heavy atom. The molecule has 60 heavy (non-hydrogen) atoms. The van der Waals surface area contributed by atoms with Crippen molar-refractivity contribution in [2.45, 2.75) is 52.9 Å². The van der Waals surface area contributed by atoms with Crippen LogP contribution >= 0.6 is 0 Å². The third-order valence-corrected chi connectivity index (χ3v) is 10.9. The third kappa shape index (κ3) is 10.2. The minimum atomic E-state index is 0.758. The summed E-state index contributed by atoms with van der Waals surface area (Å²) in [7, 11) is 0. The average molecular weight is 783 g/mol. The van der Waals surface area contributed by atoms with E-state index in [4.69, 9.17) is 5.73 Å². The van der Waals surface area contributed by atoms with Crippen molar-refractivity contribution in [3.05, 3.63) is 246 Å². The van der Waals surface area contributed by atoms with E-state index in [9.17, 15) is 0 Å². The maximum Gasteiger partial charge on any atom is 0.0688 e. The van der Waals surface area contributed by atoms with Gasteiger partial charge in [-0.15, -0.1) is 0 Å². The maximum atomic E-state index is 6.50. The first-order chi connectivity index (χ1) is 29.4. The molecule has 0 aliphatic heterocycles. The van der Waals surface area contributed by atoms with Gasteiger partial charge in [0, 0.05) is 11.4 Å². The molecule has 0 radical (unpaired) electrons. The predicted octanol–water partition coefficient (Wildman–Crippen LogP) is 16.1. The van der Waals surface area contributed by atoms with Crippen molar-refractivity contribution >= 4 is 51.1 Å². The standard InChI is InChI=1S/C54H48N2.C4H10/c1-5-18-45-38-47(34-31-41(45)6-2)54(51-26-14-13-25-50(51)39(4)44-33-32-43-20-11-12-21-46(43)37-44)42(7-3)22-17-19-40-29-35-49(36-30-40)56(48-23-9-8-10-24-48)53-28-16-15-27-52(53)55;1-3-4-2/h5-9,11-18,20-23,25-38H,2-4,10,19,24,55H2,1H3;3-4H2,1-2H3/b18-5-,22-17-,54-42+;. The van der Waals surface area contributed by atoms with E-state index in [0.717, 1.165) is 86.4 Å². The summed E-state index contributed by atoms with van der Waals surface area (Å²) in [5, 5.41) is 2.40. The van der Waals surface area contributed by atoms with E-state index in [1.165, 1.54) is 34.9 Å². The number of benzene rings is 6. The average Bonchev–Trinajstić information content (AvgIpc) is 3.30. The number of hydrogen-bond donors (Lipinski definition) is 1. The highest BCUT2D eigenvalue weighted by Crippen LogP contribution is 2.38. The van der Waals surface area contributed by atoms with Crippen molar-refractivity contribution in [2.24, 2.45) is 0 Å². The molecular formula is C58H58N2. The minimum Gasteiger partial charge on any atom is -0.397 e. The van der Waals surface area contributed by atoms with Crippen molar-refractivity contribution in [1.29, 1.82) is 0 Å². The second kappa shape index (κ2) is 21.2. The number of anilines is 3. The molecule has 0 spiro atoms. The molecule has 6 aromatic carbocycles. The summed E-state index contributed by atoms with van der Waals surface area (Å²) in [6.45, 7) is 19.5. The minimum absolute atomic E-state index is 0.758. The zero-order valence-corrected chi connectivity index (χ0v) is 35.6. The number of unbranched alkanes of at least 4 members (excludes halogenated alkanes) is 1. The van der Waals surface area contributed by atoms with E-state index >= 15 is 0 Å². The Labute approximate surface area is 359 Å². The van der Waals surface area contributed by atoms with Crippen LogP contribution in [-0.2, 0) is 6.42 Å². The van der Waals surface area contributed by atoms with Crippen LogP contribution in [0.4, 0.5) is 17.1 Å². The van der Waals surface area contributed by atoms with E-state index in [2.05, 4.69) is 196 Å². The van der Waals surface area contributed by atoms with Gasteiger partial charge in [0.05, 0.1) is 11.4 Å². The maximum absolute atomic E-state index is 6.50. The predicted molar refractivity (Wildman–Crippen MR) is 265 cm³/mol. The normalized spacial score (nSPS) is 12.8. The molecule has 0 heterocycles. The van der Waals surface area contributed by atoms with Gasteiger partial charge in [-0.25, -0.2) is 0 Å². The molecule has 0 aromatic heterocycles. The number of fused-ring (bicyclic) bond motifs is 1. The molecule has 0 saturated heterocycles. The van der Waals surface area contributed by atoms with Gasteiger partial charge in [0.15, 0.2) is 0 Å². The van der Waals surface area contributed by atoms with Gasteiger partial charge in [-0.3, -0.25) is 0 Å². The highest BCUT2D eigenvalue weighted by atomic mass is 15.2. The first kappa shape index (κ1) is 42.7. The van der Waals surface area contributed by atoms with Crippen LogP contribution in [0.3, 0.4) is 0 Å². The smallest absolute Gasteiger partial charge is 0.0688 e. The molecule has 2 N–H and O–H groups in total. The van der Waals surface area contributed by atoms with E-state index in [1.807, 2.05) is 37.3 Å². The second-order valence-electron chi connectivity index (χ2n) is 15.0. The Kier molecular flexibility index (Phi) is 15.1. The number of para-hydroxylation sites is 2. The molecule has 7 rings (SSSR count). The molecule has 0 bridgehead atoms. The SMILES string of the molecule is C=CC(/C=C\Cc1ccc(N(C2=CC=CCC2)c2ccccc2N)cc1)=C(/c1ccc(C=C)c(/C=C\C)c1)c1ccccc1C(=C)c1ccc2ccccc2c1.CCCC. The first-order valence-corrected chi connectivity index (χ1v) is 21.2. The van der Waals surface area contributed by atoms with Crippen LogP contribution in [-0.4, -0.2) is 0 Å². The fourth-order valence-electron chi connectivity index (χ4n) is 7.50. The fourth-order valence-corrected chi connectivity index (χ4v) is 7.50. The molecule has 0 fully saturated rings. The van der Waals surface area contributed by atoms with E-state index < -0.39 is 0 Å². The van der Waals surface area contributed by atoms with Crippen LogP contribution < -0.4 is 10.6 Å². The third-order valence-electron chi connectivity index (χ3n) is 10.9.